The molecule has 0 saturated carbocycles. The average molecular weight is 467 g/mol. The summed E-state index contributed by atoms with van der Waals surface area (Å²) in [6.45, 7) is 29.6. The van der Waals surface area contributed by atoms with Gasteiger partial charge in [-0.2, -0.15) is 0 Å². The molecule has 0 amide bonds. The van der Waals surface area contributed by atoms with E-state index in [2.05, 4.69) is 114 Å². The third-order valence-corrected chi connectivity index (χ3v) is 6.86. The fourth-order valence-electron chi connectivity index (χ4n) is 4.66. The predicted octanol–water partition coefficient (Wildman–Crippen LogP) is 9.05. The summed E-state index contributed by atoms with van der Waals surface area (Å²) in [7, 11) is 3.61. The van der Waals surface area contributed by atoms with Gasteiger partial charge in [-0.1, -0.05) is 114 Å². The first-order valence-electron chi connectivity index (χ1n) is 12.7. The van der Waals surface area contributed by atoms with Gasteiger partial charge in [0.25, 0.3) is 0 Å². The highest BCUT2D eigenvalue weighted by molar-refractivity contribution is 5.56. The van der Waals surface area contributed by atoms with E-state index in [-0.39, 0.29) is 27.6 Å². The van der Waals surface area contributed by atoms with Gasteiger partial charge in [-0.05, 0) is 32.8 Å². The maximum absolute atomic E-state index is 6.01. The molecule has 0 aromatic heterocycles. The molecule has 0 radical (unpaired) electrons. The highest BCUT2D eigenvalue weighted by atomic mass is 16.5. The maximum atomic E-state index is 6.01. The molecule has 0 bridgehead atoms. The zero-order valence-electron chi connectivity index (χ0n) is 24.7. The topological polar surface area (TPSA) is 18.5 Å². The van der Waals surface area contributed by atoms with E-state index < -0.39 is 0 Å². The number of rotatable bonds is 4. The highest BCUT2D eigenvalue weighted by Crippen LogP contribution is 2.45. The smallest absolute Gasteiger partial charge is 0.126 e. The second kappa shape index (κ2) is 9.25. The Bertz CT molecular complexity index is 861. The van der Waals surface area contributed by atoms with Gasteiger partial charge >= 0.3 is 0 Å². The van der Waals surface area contributed by atoms with Crippen LogP contribution in [0.5, 0.6) is 11.5 Å². The molecule has 2 aromatic rings. The van der Waals surface area contributed by atoms with Crippen molar-refractivity contribution < 1.29 is 9.47 Å². The Balaban J connectivity index is 2.90. The van der Waals surface area contributed by atoms with Crippen LogP contribution in [0.2, 0.25) is 0 Å². The quantitative estimate of drug-likeness (QED) is 0.447. The summed E-state index contributed by atoms with van der Waals surface area (Å²) >= 11 is 0. The SMILES string of the molecule is COc1c(C(C)(C)C)cc(C(C)c2cc(C(C)(C)C)c(OC)c(C(C)(C)C)c2)cc1C(C)(C)C. The van der Waals surface area contributed by atoms with Crippen LogP contribution in [0.1, 0.15) is 129 Å². The van der Waals surface area contributed by atoms with Crippen LogP contribution in [-0.2, 0) is 21.7 Å². The third-order valence-electron chi connectivity index (χ3n) is 6.86. The van der Waals surface area contributed by atoms with Crippen molar-refractivity contribution in [2.24, 2.45) is 0 Å². The number of methoxy groups -OCH3 is 2. The molecular formula is C32H50O2. The van der Waals surface area contributed by atoms with Crippen LogP contribution in [0.25, 0.3) is 0 Å². The summed E-state index contributed by atoms with van der Waals surface area (Å²) in [5.41, 5.74) is 7.66. The Morgan fingerprint density at radius 3 is 0.824 bits per heavy atom. The number of ether oxygens (including phenoxy) is 2. The molecule has 0 unspecified atom stereocenters. The molecule has 0 saturated heterocycles. The minimum Gasteiger partial charge on any atom is -0.496 e. The van der Waals surface area contributed by atoms with Crippen molar-refractivity contribution in [2.45, 2.75) is 118 Å². The molecule has 2 heteroatoms. The summed E-state index contributed by atoms with van der Waals surface area (Å²) in [5.74, 6) is 2.29. The molecule has 190 valence electrons. The lowest BCUT2D eigenvalue weighted by Crippen LogP contribution is -2.21. The van der Waals surface area contributed by atoms with Crippen LogP contribution in [-0.4, -0.2) is 14.2 Å². The Morgan fingerprint density at radius 1 is 0.471 bits per heavy atom. The van der Waals surface area contributed by atoms with E-state index in [1.807, 2.05) is 0 Å². The molecule has 0 fully saturated rings. The first kappa shape index (κ1) is 28.3. The van der Waals surface area contributed by atoms with E-state index in [4.69, 9.17) is 9.47 Å². The Labute approximate surface area is 210 Å². The monoisotopic (exact) mass is 466 g/mol. The standard InChI is InChI=1S/C32H50O2/c1-20(21-16-23(29(2,3)4)27(33-14)24(17-21)30(5,6)7)22-18-25(31(8,9)10)28(34-15)26(19-22)32(11,12)13/h16-20H,1-15H3. The van der Waals surface area contributed by atoms with Crippen molar-refractivity contribution in [1.82, 2.24) is 0 Å². The van der Waals surface area contributed by atoms with E-state index in [9.17, 15) is 0 Å². The molecule has 0 aliphatic heterocycles. The van der Waals surface area contributed by atoms with E-state index >= 15 is 0 Å². The number of hydrogen-bond acceptors (Lipinski definition) is 2. The summed E-state index contributed by atoms with van der Waals surface area (Å²) in [6, 6.07) is 9.49. The van der Waals surface area contributed by atoms with E-state index in [1.54, 1.807) is 14.2 Å². The molecule has 0 aliphatic carbocycles. The number of benzene rings is 2. The second-order valence-corrected chi connectivity index (χ2v) is 14.0. The fourth-order valence-corrected chi connectivity index (χ4v) is 4.66. The minimum atomic E-state index is -0.0197. The molecule has 0 spiro atoms. The zero-order valence-corrected chi connectivity index (χ0v) is 24.7. The molecule has 0 heterocycles. The molecule has 34 heavy (non-hydrogen) atoms. The van der Waals surface area contributed by atoms with E-state index in [0.29, 0.717) is 0 Å². The van der Waals surface area contributed by atoms with E-state index in [0.717, 1.165) is 11.5 Å². The molecule has 0 aliphatic rings. The molecule has 2 rings (SSSR count). The van der Waals surface area contributed by atoms with Gasteiger partial charge in [0, 0.05) is 28.2 Å². The maximum Gasteiger partial charge on any atom is 0.126 e. The predicted molar refractivity (Wildman–Crippen MR) is 148 cm³/mol. The van der Waals surface area contributed by atoms with Gasteiger partial charge in [-0.25, -0.2) is 0 Å². The Kier molecular flexibility index (Phi) is 7.69. The molecular weight excluding hydrogens is 416 g/mol. The van der Waals surface area contributed by atoms with Gasteiger partial charge in [-0.15, -0.1) is 0 Å². The van der Waals surface area contributed by atoms with Crippen LogP contribution in [0.15, 0.2) is 24.3 Å². The summed E-state index contributed by atoms with van der Waals surface area (Å²) in [5, 5.41) is 0. The Hall–Kier alpha value is -1.96. The average Bonchev–Trinajstić information content (AvgIpc) is 2.68. The van der Waals surface area contributed by atoms with Crippen LogP contribution in [0.3, 0.4) is 0 Å². The van der Waals surface area contributed by atoms with Crippen molar-refractivity contribution in [1.29, 1.82) is 0 Å². The first-order chi connectivity index (χ1) is 15.2. The largest absolute Gasteiger partial charge is 0.496 e. The van der Waals surface area contributed by atoms with Crippen molar-refractivity contribution in [2.75, 3.05) is 14.2 Å². The first-order valence-corrected chi connectivity index (χ1v) is 12.7. The van der Waals surface area contributed by atoms with Crippen molar-refractivity contribution >= 4 is 0 Å². The summed E-state index contributed by atoms with van der Waals surface area (Å²) in [4.78, 5) is 0. The highest BCUT2D eigenvalue weighted by Gasteiger charge is 2.31. The van der Waals surface area contributed by atoms with Crippen molar-refractivity contribution in [3.8, 4) is 11.5 Å². The van der Waals surface area contributed by atoms with Gasteiger partial charge in [0.1, 0.15) is 11.5 Å². The van der Waals surface area contributed by atoms with Gasteiger partial charge < -0.3 is 9.47 Å². The summed E-state index contributed by atoms with van der Waals surface area (Å²) < 4.78 is 12.0. The zero-order chi connectivity index (χ0) is 26.4. The van der Waals surface area contributed by atoms with Crippen LogP contribution < -0.4 is 9.47 Å². The van der Waals surface area contributed by atoms with E-state index in [1.165, 1.54) is 33.4 Å². The van der Waals surface area contributed by atoms with Gasteiger partial charge in [0.2, 0.25) is 0 Å². The van der Waals surface area contributed by atoms with Gasteiger partial charge in [-0.3, -0.25) is 0 Å². The van der Waals surface area contributed by atoms with Gasteiger partial charge in [0.05, 0.1) is 14.2 Å². The van der Waals surface area contributed by atoms with Crippen LogP contribution in [0.4, 0.5) is 0 Å². The van der Waals surface area contributed by atoms with Crippen LogP contribution in [0, 0.1) is 0 Å². The molecule has 0 atom stereocenters. The third kappa shape index (κ3) is 5.81. The lowest BCUT2D eigenvalue weighted by molar-refractivity contribution is 0.380. The summed E-state index contributed by atoms with van der Waals surface area (Å²) in [6.07, 6.45) is 0. The lowest BCUT2D eigenvalue weighted by Gasteiger charge is -2.32. The van der Waals surface area contributed by atoms with Crippen LogP contribution >= 0.6 is 0 Å². The lowest BCUT2D eigenvalue weighted by atomic mass is 9.74. The van der Waals surface area contributed by atoms with Crippen molar-refractivity contribution in [3.63, 3.8) is 0 Å². The minimum absolute atomic E-state index is 0.0197. The number of hydrogen-bond donors (Lipinski definition) is 0. The molecule has 2 aromatic carbocycles. The van der Waals surface area contributed by atoms with Crippen molar-refractivity contribution in [3.05, 3.63) is 57.6 Å². The van der Waals surface area contributed by atoms with Gasteiger partial charge in [0.15, 0.2) is 0 Å². The second-order valence-electron chi connectivity index (χ2n) is 14.0. The molecule has 2 nitrogen and oxygen atoms in total. The molecule has 0 N–H and O–H groups in total. The Morgan fingerprint density at radius 2 is 0.676 bits per heavy atom. The normalized spacial score (nSPS) is 13.4. The fraction of sp³-hybridized carbons (Fsp3) is 0.625.